The molecule has 2 heterocycles. The molecule has 1 aliphatic heterocycles. The topological polar surface area (TPSA) is 39.7 Å². The summed E-state index contributed by atoms with van der Waals surface area (Å²) in [4.78, 5) is 18.9. The summed E-state index contributed by atoms with van der Waals surface area (Å²) in [6, 6.07) is 0.267. The fourth-order valence-corrected chi connectivity index (χ4v) is 3.53. The minimum Gasteiger partial charge on any atom is -0.309 e. The number of rotatable bonds is 5. The van der Waals surface area contributed by atoms with E-state index in [0.717, 1.165) is 29.2 Å². The third kappa shape index (κ3) is 3.33. The van der Waals surface area contributed by atoms with Crippen molar-refractivity contribution in [3.63, 3.8) is 0 Å². The molecule has 1 saturated heterocycles. The van der Waals surface area contributed by atoms with Crippen LogP contribution in [0.1, 0.15) is 39.0 Å². The molecule has 1 fully saturated rings. The van der Waals surface area contributed by atoms with Crippen molar-refractivity contribution in [1.82, 2.24) is 14.2 Å². The molecule has 122 valence electrons. The second-order valence-electron chi connectivity index (χ2n) is 5.89. The summed E-state index contributed by atoms with van der Waals surface area (Å²) in [5.41, 5.74) is 2.23. The van der Waals surface area contributed by atoms with Crippen molar-refractivity contribution >= 4 is 22.6 Å². The number of urea groups is 1. The van der Waals surface area contributed by atoms with Gasteiger partial charge < -0.3 is 4.90 Å². The summed E-state index contributed by atoms with van der Waals surface area (Å²) in [6.07, 6.45) is 5.08. The van der Waals surface area contributed by atoms with E-state index in [1.54, 1.807) is 0 Å². The molecular formula is C16H26N4OS. The van der Waals surface area contributed by atoms with Crippen molar-refractivity contribution in [2.45, 2.75) is 47.1 Å². The van der Waals surface area contributed by atoms with Crippen molar-refractivity contribution < 1.29 is 4.79 Å². The van der Waals surface area contributed by atoms with Crippen LogP contribution in [0.5, 0.6) is 0 Å². The maximum atomic E-state index is 12.8. The minimum absolute atomic E-state index is 0.0844. The molecule has 1 aliphatic rings. The Kier molecular flexibility index (Phi) is 5.58. The number of hydrogen-bond acceptors (Lipinski definition) is 4. The standard InChI is InChI=1S/C16H26N4OS/c1-6-8-9-18-10-19(12(3)4)16(21)20(11-18)15-13(5)14(7-2)17-22-15/h6,8,12H,7,9-11H2,1-5H3. The minimum atomic E-state index is 0.0844. The Labute approximate surface area is 137 Å². The summed E-state index contributed by atoms with van der Waals surface area (Å²) >= 11 is 1.43. The van der Waals surface area contributed by atoms with Crippen molar-refractivity contribution in [3.8, 4) is 0 Å². The molecule has 0 atom stereocenters. The van der Waals surface area contributed by atoms with Gasteiger partial charge in [0.1, 0.15) is 5.00 Å². The molecule has 0 radical (unpaired) electrons. The maximum absolute atomic E-state index is 12.8. The Hall–Kier alpha value is -1.40. The monoisotopic (exact) mass is 322 g/mol. The number of aromatic nitrogens is 1. The van der Waals surface area contributed by atoms with E-state index in [1.807, 2.05) is 22.8 Å². The number of aryl methyl sites for hydroxylation is 1. The van der Waals surface area contributed by atoms with E-state index in [0.29, 0.717) is 13.3 Å². The predicted octanol–water partition coefficient (Wildman–Crippen LogP) is 3.46. The van der Waals surface area contributed by atoms with Gasteiger partial charge in [-0.15, -0.1) is 0 Å². The third-order valence-electron chi connectivity index (χ3n) is 3.97. The van der Waals surface area contributed by atoms with Gasteiger partial charge in [0.15, 0.2) is 0 Å². The van der Waals surface area contributed by atoms with Crippen LogP contribution in [0.4, 0.5) is 9.80 Å². The molecule has 0 bridgehead atoms. The Morgan fingerprint density at radius 1 is 1.36 bits per heavy atom. The second kappa shape index (κ2) is 7.24. The van der Waals surface area contributed by atoms with Gasteiger partial charge in [-0.3, -0.25) is 9.80 Å². The molecule has 1 aromatic rings. The first-order chi connectivity index (χ1) is 10.5. The van der Waals surface area contributed by atoms with Crippen LogP contribution in [0, 0.1) is 6.92 Å². The van der Waals surface area contributed by atoms with Crippen LogP contribution in [0.25, 0.3) is 0 Å². The molecule has 6 heteroatoms. The molecule has 1 aromatic heterocycles. The number of allylic oxidation sites excluding steroid dienone is 1. The summed E-state index contributed by atoms with van der Waals surface area (Å²) in [5.74, 6) is 0. The SMILES string of the molecule is CC=CCN1CN(c2snc(CC)c2C)C(=O)N(C(C)C)C1. The molecule has 0 aliphatic carbocycles. The van der Waals surface area contributed by atoms with Gasteiger partial charge in [0.2, 0.25) is 0 Å². The van der Waals surface area contributed by atoms with Crippen molar-refractivity contribution in [3.05, 3.63) is 23.4 Å². The lowest BCUT2D eigenvalue weighted by Gasteiger charge is -2.43. The highest BCUT2D eigenvalue weighted by Crippen LogP contribution is 2.31. The van der Waals surface area contributed by atoms with Gasteiger partial charge in [-0.1, -0.05) is 19.1 Å². The van der Waals surface area contributed by atoms with Gasteiger partial charge in [-0.25, -0.2) is 4.79 Å². The summed E-state index contributed by atoms with van der Waals surface area (Å²) in [6.45, 7) is 12.5. The first kappa shape index (κ1) is 17.0. The first-order valence-corrected chi connectivity index (χ1v) is 8.63. The Morgan fingerprint density at radius 3 is 2.64 bits per heavy atom. The highest BCUT2D eigenvalue weighted by Gasteiger charge is 2.34. The third-order valence-corrected chi connectivity index (χ3v) is 4.98. The van der Waals surface area contributed by atoms with E-state index in [-0.39, 0.29) is 12.1 Å². The molecule has 0 N–H and O–H groups in total. The highest BCUT2D eigenvalue weighted by molar-refractivity contribution is 7.10. The normalized spacial score (nSPS) is 17.3. The van der Waals surface area contributed by atoms with Gasteiger partial charge in [0.25, 0.3) is 0 Å². The summed E-state index contributed by atoms with van der Waals surface area (Å²) < 4.78 is 4.50. The fraction of sp³-hybridized carbons (Fsp3) is 0.625. The van der Waals surface area contributed by atoms with E-state index < -0.39 is 0 Å². The van der Waals surface area contributed by atoms with Crippen molar-refractivity contribution in [2.24, 2.45) is 0 Å². The lowest BCUT2D eigenvalue weighted by Crippen LogP contribution is -2.60. The second-order valence-corrected chi connectivity index (χ2v) is 6.64. The summed E-state index contributed by atoms with van der Waals surface area (Å²) in [7, 11) is 0. The number of carbonyl (C=O) groups excluding carboxylic acids is 1. The number of nitrogens with zero attached hydrogens (tertiary/aromatic N) is 4. The van der Waals surface area contributed by atoms with Gasteiger partial charge in [0, 0.05) is 18.2 Å². The Balaban J connectivity index is 2.30. The van der Waals surface area contributed by atoms with E-state index in [1.165, 1.54) is 11.5 Å². The van der Waals surface area contributed by atoms with Gasteiger partial charge in [0.05, 0.1) is 19.0 Å². The van der Waals surface area contributed by atoms with Gasteiger partial charge in [-0.2, -0.15) is 4.37 Å². The number of carbonyl (C=O) groups is 1. The number of anilines is 1. The Morgan fingerprint density at radius 2 is 2.09 bits per heavy atom. The molecule has 22 heavy (non-hydrogen) atoms. The summed E-state index contributed by atoms with van der Waals surface area (Å²) in [5, 5.41) is 0.984. The van der Waals surface area contributed by atoms with E-state index in [9.17, 15) is 4.79 Å². The molecule has 5 nitrogen and oxygen atoms in total. The largest absolute Gasteiger partial charge is 0.327 e. The zero-order chi connectivity index (χ0) is 16.3. The average Bonchev–Trinajstić information content (AvgIpc) is 2.86. The fourth-order valence-electron chi connectivity index (χ4n) is 2.58. The van der Waals surface area contributed by atoms with Crippen LogP contribution in [0.3, 0.4) is 0 Å². The van der Waals surface area contributed by atoms with Gasteiger partial charge in [-0.05, 0) is 45.6 Å². The molecule has 0 spiro atoms. The first-order valence-electron chi connectivity index (χ1n) is 7.86. The van der Waals surface area contributed by atoms with E-state index >= 15 is 0 Å². The van der Waals surface area contributed by atoms with E-state index in [4.69, 9.17) is 0 Å². The van der Waals surface area contributed by atoms with E-state index in [2.05, 4.69) is 43.0 Å². The molecule has 2 rings (SSSR count). The van der Waals surface area contributed by atoms with Crippen LogP contribution in [0.2, 0.25) is 0 Å². The van der Waals surface area contributed by atoms with Crippen molar-refractivity contribution in [1.29, 1.82) is 0 Å². The zero-order valence-corrected chi connectivity index (χ0v) is 15.0. The van der Waals surface area contributed by atoms with Crippen molar-refractivity contribution in [2.75, 3.05) is 24.8 Å². The van der Waals surface area contributed by atoms with Crippen LogP contribution >= 0.6 is 11.5 Å². The van der Waals surface area contributed by atoms with Gasteiger partial charge >= 0.3 is 6.03 Å². The smallest absolute Gasteiger partial charge is 0.309 e. The van der Waals surface area contributed by atoms with Crippen LogP contribution in [-0.4, -0.2) is 46.1 Å². The number of hydrogen-bond donors (Lipinski definition) is 0. The average molecular weight is 322 g/mol. The van der Waals surface area contributed by atoms with Crippen LogP contribution in [0.15, 0.2) is 12.2 Å². The zero-order valence-electron chi connectivity index (χ0n) is 14.2. The molecule has 2 amide bonds. The quantitative estimate of drug-likeness (QED) is 0.779. The van der Waals surface area contributed by atoms with Crippen LogP contribution in [-0.2, 0) is 6.42 Å². The molecule has 0 saturated carbocycles. The predicted molar refractivity (Wildman–Crippen MR) is 92.3 cm³/mol. The lowest BCUT2D eigenvalue weighted by atomic mass is 10.2. The lowest BCUT2D eigenvalue weighted by molar-refractivity contribution is 0.106. The van der Waals surface area contributed by atoms with Crippen LogP contribution < -0.4 is 4.90 Å². The molecule has 0 aromatic carbocycles. The number of amides is 2. The highest BCUT2D eigenvalue weighted by atomic mass is 32.1. The molecule has 0 unspecified atom stereocenters. The Bertz CT molecular complexity index is 552. The maximum Gasteiger partial charge on any atom is 0.327 e. The molecular weight excluding hydrogens is 296 g/mol.